The number of piperidine rings is 1. The predicted molar refractivity (Wildman–Crippen MR) is 88.3 cm³/mol. The van der Waals surface area contributed by atoms with Crippen molar-refractivity contribution < 1.29 is 5.11 Å². The van der Waals surface area contributed by atoms with Crippen molar-refractivity contribution in [3.8, 4) is 0 Å². The van der Waals surface area contributed by atoms with Gasteiger partial charge in [0.2, 0.25) is 0 Å². The Hall–Kier alpha value is -1.38. The van der Waals surface area contributed by atoms with Crippen LogP contribution >= 0.6 is 0 Å². The Morgan fingerprint density at radius 1 is 1.14 bits per heavy atom. The molecule has 2 nitrogen and oxygen atoms in total. The molecule has 1 saturated heterocycles. The van der Waals surface area contributed by atoms with Crippen LogP contribution in [0.3, 0.4) is 0 Å². The maximum atomic E-state index is 10.3. The average Bonchev–Trinajstić information content (AvgIpc) is 2.55. The molecule has 0 amide bonds. The van der Waals surface area contributed by atoms with Crippen molar-refractivity contribution in [2.45, 2.75) is 51.3 Å². The number of likely N-dealkylation sites (tertiary alicyclic amines) is 1. The molecule has 1 aliphatic rings. The Morgan fingerprint density at radius 2 is 1.95 bits per heavy atom. The molecule has 0 aliphatic carbocycles. The standard InChI is InChI=1S/C19H25NO/c1-2-19(21)18-12-5-6-13-20(18)14-16-10-7-9-15-8-3-4-11-17(15)16/h3-4,7-11,18-19,21H,2,5-6,12-14H2,1H3. The van der Waals surface area contributed by atoms with Gasteiger partial charge in [-0.25, -0.2) is 0 Å². The van der Waals surface area contributed by atoms with Crippen LogP contribution in [0.15, 0.2) is 42.5 Å². The van der Waals surface area contributed by atoms with Crippen LogP contribution in [0.4, 0.5) is 0 Å². The van der Waals surface area contributed by atoms with Gasteiger partial charge in [0, 0.05) is 12.6 Å². The van der Waals surface area contributed by atoms with Crippen molar-refractivity contribution in [1.29, 1.82) is 0 Å². The second-order valence-corrected chi connectivity index (χ2v) is 6.15. The number of benzene rings is 2. The molecule has 2 heteroatoms. The van der Waals surface area contributed by atoms with Crippen molar-refractivity contribution in [3.63, 3.8) is 0 Å². The third-order valence-electron chi connectivity index (χ3n) is 4.78. The van der Waals surface area contributed by atoms with E-state index in [2.05, 4.69) is 54.3 Å². The van der Waals surface area contributed by atoms with E-state index < -0.39 is 0 Å². The minimum absolute atomic E-state index is 0.194. The zero-order valence-corrected chi connectivity index (χ0v) is 12.8. The van der Waals surface area contributed by atoms with Gasteiger partial charge in [0.1, 0.15) is 0 Å². The van der Waals surface area contributed by atoms with Crippen LogP contribution in [0.5, 0.6) is 0 Å². The monoisotopic (exact) mass is 283 g/mol. The molecule has 0 spiro atoms. The molecular weight excluding hydrogens is 258 g/mol. The number of hydrogen-bond donors (Lipinski definition) is 1. The minimum Gasteiger partial charge on any atom is -0.392 e. The molecule has 21 heavy (non-hydrogen) atoms. The van der Waals surface area contributed by atoms with Crippen LogP contribution in [0, 0.1) is 0 Å². The highest BCUT2D eigenvalue weighted by molar-refractivity contribution is 5.85. The van der Waals surface area contributed by atoms with Gasteiger partial charge in [-0.05, 0) is 42.1 Å². The normalized spacial score (nSPS) is 21.5. The van der Waals surface area contributed by atoms with Crippen LogP contribution in [0.2, 0.25) is 0 Å². The first-order chi connectivity index (χ1) is 10.3. The maximum absolute atomic E-state index is 10.3. The fourth-order valence-corrected chi connectivity index (χ4v) is 3.57. The fourth-order valence-electron chi connectivity index (χ4n) is 3.57. The van der Waals surface area contributed by atoms with E-state index in [4.69, 9.17) is 0 Å². The van der Waals surface area contributed by atoms with Crippen molar-refractivity contribution in [2.75, 3.05) is 6.54 Å². The molecule has 0 aromatic heterocycles. The summed E-state index contributed by atoms with van der Waals surface area (Å²) in [4.78, 5) is 2.49. The van der Waals surface area contributed by atoms with Gasteiger partial charge in [0.15, 0.2) is 0 Å². The third-order valence-corrected chi connectivity index (χ3v) is 4.78. The van der Waals surface area contributed by atoms with E-state index in [0.717, 1.165) is 25.9 Å². The van der Waals surface area contributed by atoms with Gasteiger partial charge in [-0.3, -0.25) is 4.90 Å². The number of aliphatic hydroxyl groups is 1. The highest BCUT2D eigenvalue weighted by atomic mass is 16.3. The van der Waals surface area contributed by atoms with Gasteiger partial charge in [-0.2, -0.15) is 0 Å². The van der Waals surface area contributed by atoms with Gasteiger partial charge in [0.25, 0.3) is 0 Å². The summed E-state index contributed by atoms with van der Waals surface area (Å²) in [5.41, 5.74) is 1.38. The molecule has 112 valence electrons. The zero-order chi connectivity index (χ0) is 14.7. The summed E-state index contributed by atoms with van der Waals surface area (Å²) in [7, 11) is 0. The fraction of sp³-hybridized carbons (Fsp3) is 0.474. The highest BCUT2D eigenvalue weighted by Gasteiger charge is 2.27. The van der Waals surface area contributed by atoms with Crippen molar-refractivity contribution in [2.24, 2.45) is 0 Å². The first kappa shape index (κ1) is 14.6. The molecule has 1 N–H and O–H groups in total. The summed E-state index contributed by atoms with van der Waals surface area (Å²) in [6.07, 6.45) is 4.27. The summed E-state index contributed by atoms with van der Waals surface area (Å²) in [5, 5.41) is 13.0. The summed E-state index contributed by atoms with van der Waals surface area (Å²) >= 11 is 0. The van der Waals surface area contributed by atoms with Crippen LogP contribution < -0.4 is 0 Å². The van der Waals surface area contributed by atoms with E-state index in [9.17, 15) is 5.11 Å². The zero-order valence-electron chi connectivity index (χ0n) is 12.8. The van der Waals surface area contributed by atoms with Gasteiger partial charge in [-0.1, -0.05) is 55.8 Å². The number of fused-ring (bicyclic) bond motifs is 1. The highest BCUT2D eigenvalue weighted by Crippen LogP contribution is 2.26. The maximum Gasteiger partial charge on any atom is 0.0692 e. The molecule has 0 bridgehead atoms. The lowest BCUT2D eigenvalue weighted by molar-refractivity contribution is 0.0197. The van der Waals surface area contributed by atoms with Crippen LogP contribution in [0.25, 0.3) is 10.8 Å². The topological polar surface area (TPSA) is 23.5 Å². The Morgan fingerprint density at radius 3 is 2.81 bits per heavy atom. The molecule has 0 saturated carbocycles. The number of nitrogens with zero attached hydrogens (tertiary/aromatic N) is 1. The van der Waals surface area contributed by atoms with Gasteiger partial charge in [0.05, 0.1) is 6.10 Å². The van der Waals surface area contributed by atoms with Gasteiger partial charge in [-0.15, -0.1) is 0 Å². The van der Waals surface area contributed by atoms with E-state index in [1.807, 2.05) is 0 Å². The Labute approximate surface area is 127 Å². The third kappa shape index (κ3) is 3.12. The van der Waals surface area contributed by atoms with E-state index in [0.29, 0.717) is 6.04 Å². The van der Waals surface area contributed by atoms with Crippen molar-refractivity contribution >= 4 is 10.8 Å². The molecule has 2 atom stereocenters. The molecule has 1 aliphatic heterocycles. The molecular formula is C19H25NO. The van der Waals surface area contributed by atoms with E-state index in [1.54, 1.807) is 0 Å². The quantitative estimate of drug-likeness (QED) is 0.918. The average molecular weight is 283 g/mol. The summed E-state index contributed by atoms with van der Waals surface area (Å²) in [5.74, 6) is 0. The van der Waals surface area contributed by atoms with E-state index >= 15 is 0 Å². The molecule has 2 aromatic rings. The Bertz CT molecular complexity index is 590. The van der Waals surface area contributed by atoms with Crippen LogP contribution in [0.1, 0.15) is 38.2 Å². The summed E-state index contributed by atoms with van der Waals surface area (Å²) in [6, 6.07) is 15.5. The first-order valence-electron chi connectivity index (χ1n) is 8.18. The largest absolute Gasteiger partial charge is 0.392 e. The van der Waals surface area contributed by atoms with Gasteiger partial charge < -0.3 is 5.11 Å². The number of hydrogen-bond acceptors (Lipinski definition) is 2. The van der Waals surface area contributed by atoms with Crippen molar-refractivity contribution in [3.05, 3.63) is 48.0 Å². The first-order valence-corrected chi connectivity index (χ1v) is 8.18. The van der Waals surface area contributed by atoms with Crippen molar-refractivity contribution in [1.82, 2.24) is 4.90 Å². The molecule has 1 heterocycles. The molecule has 2 unspecified atom stereocenters. The lowest BCUT2D eigenvalue weighted by Crippen LogP contribution is -2.46. The lowest BCUT2D eigenvalue weighted by Gasteiger charge is -2.38. The van der Waals surface area contributed by atoms with E-state index in [1.165, 1.54) is 29.2 Å². The molecule has 2 aromatic carbocycles. The molecule has 3 rings (SSSR count). The van der Waals surface area contributed by atoms with Crippen LogP contribution in [-0.4, -0.2) is 28.7 Å². The second-order valence-electron chi connectivity index (χ2n) is 6.15. The summed E-state index contributed by atoms with van der Waals surface area (Å²) < 4.78 is 0. The number of aliphatic hydroxyl groups excluding tert-OH is 1. The second kappa shape index (κ2) is 6.59. The predicted octanol–water partition coefficient (Wildman–Crippen LogP) is 3.97. The molecule has 1 fully saturated rings. The molecule has 0 radical (unpaired) electrons. The van der Waals surface area contributed by atoms with E-state index in [-0.39, 0.29) is 6.10 Å². The SMILES string of the molecule is CCC(O)C1CCCCN1Cc1cccc2ccccc12. The smallest absolute Gasteiger partial charge is 0.0692 e. The minimum atomic E-state index is -0.194. The summed E-state index contributed by atoms with van der Waals surface area (Å²) in [6.45, 7) is 4.13. The van der Waals surface area contributed by atoms with Crippen LogP contribution in [-0.2, 0) is 6.54 Å². The Balaban J connectivity index is 1.86. The number of rotatable bonds is 4. The van der Waals surface area contributed by atoms with Gasteiger partial charge >= 0.3 is 0 Å². The lowest BCUT2D eigenvalue weighted by atomic mass is 9.94. The Kier molecular flexibility index (Phi) is 4.57.